The first-order chi connectivity index (χ1) is 22.5. The second-order valence-corrected chi connectivity index (χ2v) is 12.0. The number of benzene rings is 1. The molecule has 3 aromatic heterocycles. The topological polar surface area (TPSA) is 139 Å². The molecule has 0 radical (unpaired) electrons. The van der Waals surface area contributed by atoms with Crippen LogP contribution >= 0.6 is 0 Å². The number of rotatable bonds is 10. The molecule has 2 saturated carbocycles. The number of methoxy groups -OCH3 is 1. The van der Waals surface area contributed by atoms with Gasteiger partial charge in [-0.1, -0.05) is 24.1 Å². The molecule has 3 aliphatic rings. The van der Waals surface area contributed by atoms with Crippen LogP contribution in [0.25, 0.3) is 11.1 Å². The van der Waals surface area contributed by atoms with Crippen LogP contribution in [-0.4, -0.2) is 68.9 Å². The zero-order valence-corrected chi connectivity index (χ0v) is 25.8. The number of hydrogen-bond donors (Lipinski definition) is 3. The Balaban J connectivity index is 1.05. The third-order valence-corrected chi connectivity index (χ3v) is 8.32. The molecule has 12 heteroatoms. The Morgan fingerprint density at radius 2 is 1.87 bits per heavy atom. The predicted octanol–water partition coefficient (Wildman–Crippen LogP) is 4.01. The van der Waals surface area contributed by atoms with Gasteiger partial charge in [-0.3, -0.25) is 19.2 Å². The number of pyridine rings is 1. The van der Waals surface area contributed by atoms with E-state index in [-0.39, 0.29) is 29.4 Å². The standard InChI is InChI=1S/C34H35N9O3/c1-35-34(45)31-29(15-30(40-41-31)39-33(44)22-12-13-22)38-28-8-4-7-27(32(28)46-2)23-16-36-43(17-23)26-19-42(20-26)18-25-6-3-5-24(37-25)14-11-21-9-10-21/h3-8,15-17,21-22,26H,9-10,12-13,18-20H2,1-2H3,(H,35,45)(H2,38,39,40,44). The Morgan fingerprint density at radius 3 is 2.63 bits per heavy atom. The molecule has 3 fully saturated rings. The summed E-state index contributed by atoms with van der Waals surface area (Å²) >= 11 is 0. The van der Waals surface area contributed by atoms with Gasteiger partial charge in [0.15, 0.2) is 11.5 Å². The number of carbonyl (C=O) groups excluding carboxylic acids is 2. The zero-order valence-electron chi connectivity index (χ0n) is 25.8. The van der Waals surface area contributed by atoms with Crippen molar-refractivity contribution in [3.8, 4) is 28.7 Å². The van der Waals surface area contributed by atoms with Crippen molar-refractivity contribution in [2.24, 2.45) is 11.8 Å². The molecular formula is C34H35N9O3. The SMILES string of the molecule is CNC(=O)c1nnc(NC(=O)C2CC2)cc1Nc1cccc(-c2cnn(C3CN(Cc4cccc(C#CC5CC5)n4)C3)c2)c1OC. The molecule has 1 saturated heterocycles. The quantitative estimate of drug-likeness (QED) is 0.225. The molecule has 1 aromatic carbocycles. The highest BCUT2D eigenvalue weighted by atomic mass is 16.5. The van der Waals surface area contributed by atoms with Crippen molar-refractivity contribution in [1.29, 1.82) is 0 Å². The Hall–Kier alpha value is -5.28. The molecule has 0 unspecified atom stereocenters. The minimum Gasteiger partial charge on any atom is -0.494 e. The fourth-order valence-corrected chi connectivity index (χ4v) is 5.42. The van der Waals surface area contributed by atoms with Gasteiger partial charge < -0.3 is 20.7 Å². The number of para-hydroxylation sites is 1. The van der Waals surface area contributed by atoms with Crippen LogP contribution in [0, 0.1) is 23.7 Å². The van der Waals surface area contributed by atoms with Crippen LogP contribution in [-0.2, 0) is 11.3 Å². The van der Waals surface area contributed by atoms with Gasteiger partial charge in [0.2, 0.25) is 5.91 Å². The van der Waals surface area contributed by atoms with Gasteiger partial charge in [0.25, 0.3) is 5.91 Å². The van der Waals surface area contributed by atoms with Crippen molar-refractivity contribution in [2.45, 2.75) is 38.3 Å². The first kappa shape index (κ1) is 29.4. The van der Waals surface area contributed by atoms with Crippen LogP contribution in [0.5, 0.6) is 5.75 Å². The Labute approximate surface area is 267 Å². The second-order valence-electron chi connectivity index (χ2n) is 12.0. The van der Waals surface area contributed by atoms with Crippen molar-refractivity contribution in [3.63, 3.8) is 0 Å². The van der Waals surface area contributed by atoms with Crippen LogP contribution in [0.3, 0.4) is 0 Å². The van der Waals surface area contributed by atoms with E-state index < -0.39 is 5.91 Å². The second kappa shape index (κ2) is 12.6. The summed E-state index contributed by atoms with van der Waals surface area (Å²) in [6.45, 7) is 2.52. The van der Waals surface area contributed by atoms with E-state index >= 15 is 0 Å². The van der Waals surface area contributed by atoms with Crippen molar-refractivity contribution >= 4 is 29.0 Å². The van der Waals surface area contributed by atoms with Gasteiger partial charge >= 0.3 is 0 Å². The number of nitrogens with one attached hydrogen (secondary N) is 3. The van der Waals surface area contributed by atoms with Gasteiger partial charge in [0.05, 0.1) is 36.4 Å². The smallest absolute Gasteiger partial charge is 0.273 e. The molecule has 12 nitrogen and oxygen atoms in total. The van der Waals surface area contributed by atoms with Crippen LogP contribution in [0.2, 0.25) is 0 Å². The van der Waals surface area contributed by atoms with E-state index in [9.17, 15) is 9.59 Å². The molecule has 0 atom stereocenters. The number of likely N-dealkylation sites (tertiary alicyclic amines) is 1. The number of nitrogens with zero attached hydrogens (tertiary/aromatic N) is 6. The highest BCUT2D eigenvalue weighted by Gasteiger charge is 2.31. The molecule has 2 aliphatic carbocycles. The third-order valence-electron chi connectivity index (χ3n) is 8.32. The van der Waals surface area contributed by atoms with Gasteiger partial charge in [-0.2, -0.15) is 5.10 Å². The molecule has 3 N–H and O–H groups in total. The van der Waals surface area contributed by atoms with Crippen LogP contribution in [0.15, 0.2) is 54.9 Å². The number of carbonyl (C=O) groups is 2. The lowest BCUT2D eigenvalue weighted by atomic mass is 10.1. The Kier molecular flexibility index (Phi) is 8.07. The molecule has 4 heterocycles. The van der Waals surface area contributed by atoms with Gasteiger partial charge in [-0.25, -0.2) is 4.98 Å². The largest absolute Gasteiger partial charge is 0.494 e. The van der Waals surface area contributed by atoms with Gasteiger partial charge in [0, 0.05) is 61.9 Å². The van der Waals surface area contributed by atoms with Crippen LogP contribution in [0.1, 0.15) is 53.6 Å². The fourth-order valence-electron chi connectivity index (χ4n) is 5.42. The molecule has 2 amide bonds. The lowest BCUT2D eigenvalue weighted by molar-refractivity contribution is -0.117. The molecule has 234 valence electrons. The average molecular weight is 618 g/mol. The van der Waals surface area contributed by atoms with E-state index in [0.29, 0.717) is 23.0 Å². The number of hydrogen-bond acceptors (Lipinski definition) is 9. The third kappa shape index (κ3) is 6.55. The summed E-state index contributed by atoms with van der Waals surface area (Å²) in [7, 11) is 3.13. The van der Waals surface area contributed by atoms with Crippen molar-refractivity contribution < 1.29 is 14.3 Å². The number of anilines is 3. The van der Waals surface area contributed by atoms with E-state index in [1.165, 1.54) is 19.9 Å². The number of amides is 2. The summed E-state index contributed by atoms with van der Waals surface area (Å²) in [5.41, 5.74) is 4.71. The van der Waals surface area contributed by atoms with E-state index in [4.69, 9.17) is 9.72 Å². The molecule has 4 aromatic rings. The van der Waals surface area contributed by atoms with Crippen molar-refractivity contribution in [3.05, 3.63) is 71.9 Å². The highest BCUT2D eigenvalue weighted by molar-refractivity contribution is 6.00. The number of aromatic nitrogens is 5. The predicted molar refractivity (Wildman–Crippen MR) is 172 cm³/mol. The molecule has 7 rings (SSSR count). The maximum atomic E-state index is 12.6. The summed E-state index contributed by atoms with van der Waals surface area (Å²) < 4.78 is 7.87. The average Bonchev–Trinajstić information content (AvgIpc) is 4.00. The lowest BCUT2D eigenvalue weighted by Gasteiger charge is -2.39. The maximum Gasteiger partial charge on any atom is 0.273 e. The van der Waals surface area contributed by atoms with Crippen molar-refractivity contribution in [1.82, 2.24) is 35.2 Å². The highest BCUT2D eigenvalue weighted by Crippen LogP contribution is 2.39. The monoisotopic (exact) mass is 617 g/mol. The van der Waals surface area contributed by atoms with Gasteiger partial charge in [-0.15, -0.1) is 10.2 Å². The molecule has 46 heavy (non-hydrogen) atoms. The molecule has 0 spiro atoms. The minimum absolute atomic E-state index is 0.00297. The summed E-state index contributed by atoms with van der Waals surface area (Å²) in [5.74, 6) is 7.40. The summed E-state index contributed by atoms with van der Waals surface area (Å²) in [6, 6.07) is 13.6. The zero-order chi connectivity index (χ0) is 31.6. The van der Waals surface area contributed by atoms with Crippen LogP contribution < -0.4 is 20.7 Å². The van der Waals surface area contributed by atoms with Crippen molar-refractivity contribution in [2.75, 3.05) is 37.9 Å². The summed E-state index contributed by atoms with van der Waals surface area (Å²) in [4.78, 5) is 32.0. The number of ether oxygens (including phenoxy) is 1. The minimum atomic E-state index is -0.410. The first-order valence-electron chi connectivity index (χ1n) is 15.6. The van der Waals surface area contributed by atoms with E-state index in [1.807, 2.05) is 47.4 Å². The molecular weight excluding hydrogens is 582 g/mol. The van der Waals surface area contributed by atoms with Crippen LogP contribution in [0.4, 0.5) is 17.2 Å². The maximum absolute atomic E-state index is 12.6. The van der Waals surface area contributed by atoms with E-state index in [1.54, 1.807) is 13.2 Å². The van der Waals surface area contributed by atoms with Gasteiger partial charge in [-0.05, 0) is 49.8 Å². The lowest BCUT2D eigenvalue weighted by Crippen LogP contribution is -2.47. The Bertz CT molecular complexity index is 1850. The summed E-state index contributed by atoms with van der Waals surface area (Å²) in [6.07, 6.45) is 8.01. The first-order valence-corrected chi connectivity index (χ1v) is 15.6. The normalized spacial score (nSPS) is 16.1. The molecule has 0 bridgehead atoms. The fraction of sp³-hybridized carbons (Fsp3) is 0.353. The van der Waals surface area contributed by atoms with Gasteiger partial charge in [0.1, 0.15) is 11.4 Å². The van der Waals surface area contributed by atoms with E-state index in [0.717, 1.165) is 55.0 Å². The molecule has 1 aliphatic heterocycles. The summed E-state index contributed by atoms with van der Waals surface area (Å²) in [5, 5.41) is 21.5. The Morgan fingerprint density at radius 1 is 1.04 bits per heavy atom. The van der Waals surface area contributed by atoms with E-state index in [2.05, 4.69) is 54.1 Å².